The average Bonchev–Trinajstić information content (AvgIpc) is 2.72. The normalized spacial score (nSPS) is 9.90. The molecule has 0 fully saturated rings. The van der Waals surface area contributed by atoms with Crippen LogP contribution in [0.5, 0.6) is 0 Å². The van der Waals surface area contributed by atoms with Gasteiger partial charge in [-0.25, -0.2) is 0 Å². The average molecular weight is 450 g/mol. The van der Waals surface area contributed by atoms with E-state index in [0.29, 0.717) is 10.7 Å². The maximum atomic E-state index is 12.1. The number of halogens is 1. The molecule has 2 aromatic rings. The predicted octanol–water partition coefficient (Wildman–Crippen LogP) is 2.30. The van der Waals surface area contributed by atoms with Gasteiger partial charge < -0.3 is 5.32 Å². The van der Waals surface area contributed by atoms with E-state index in [2.05, 4.69) is 21.5 Å². The molecule has 0 aliphatic heterocycles. The third kappa shape index (κ3) is 6.79. The number of thiocarbonyl (C=S) groups is 1. The van der Waals surface area contributed by atoms with Crippen LogP contribution >= 0.6 is 23.8 Å². The molecule has 0 spiro atoms. The Hall–Kier alpha value is -3.57. The minimum Gasteiger partial charge on any atom is -0.325 e. The third-order valence-corrected chi connectivity index (χ3v) is 4.15. The van der Waals surface area contributed by atoms with Crippen LogP contribution in [0.4, 0.5) is 11.4 Å². The minimum atomic E-state index is -0.812. The van der Waals surface area contributed by atoms with Gasteiger partial charge in [0.25, 0.3) is 11.6 Å². The van der Waals surface area contributed by atoms with Crippen molar-refractivity contribution >= 4 is 58.0 Å². The first-order valence-electron chi connectivity index (χ1n) is 8.46. The Labute approximate surface area is 181 Å². The summed E-state index contributed by atoms with van der Waals surface area (Å²) in [6, 6.07) is 12.0. The maximum absolute atomic E-state index is 12.1. The molecular formula is C18H16ClN5O5S. The Bertz CT molecular complexity index is 1000. The van der Waals surface area contributed by atoms with Crippen LogP contribution in [0.25, 0.3) is 0 Å². The van der Waals surface area contributed by atoms with Crippen LogP contribution in [0.3, 0.4) is 0 Å². The lowest BCUT2D eigenvalue weighted by molar-refractivity contribution is -0.385. The summed E-state index contributed by atoms with van der Waals surface area (Å²) in [6.45, 7) is 0. The van der Waals surface area contributed by atoms with E-state index in [1.54, 1.807) is 24.3 Å². The van der Waals surface area contributed by atoms with E-state index in [-0.39, 0.29) is 29.2 Å². The minimum absolute atomic E-state index is 0.117. The largest absolute Gasteiger partial charge is 0.325 e. The zero-order valence-electron chi connectivity index (χ0n) is 15.3. The van der Waals surface area contributed by atoms with Gasteiger partial charge in [-0.2, -0.15) is 0 Å². The highest BCUT2D eigenvalue weighted by atomic mass is 35.5. The number of nitro groups is 1. The first-order valence-corrected chi connectivity index (χ1v) is 9.24. The Morgan fingerprint density at radius 3 is 2.30 bits per heavy atom. The molecule has 12 heteroatoms. The number of nitrogens with one attached hydrogen (secondary N) is 4. The maximum Gasteiger partial charge on any atom is 0.282 e. The van der Waals surface area contributed by atoms with Crippen molar-refractivity contribution in [2.75, 3.05) is 5.32 Å². The van der Waals surface area contributed by atoms with Gasteiger partial charge in [0, 0.05) is 18.9 Å². The monoisotopic (exact) mass is 449 g/mol. The number of anilines is 1. The van der Waals surface area contributed by atoms with Crippen LogP contribution in [0.2, 0.25) is 5.02 Å². The molecule has 156 valence electrons. The summed E-state index contributed by atoms with van der Waals surface area (Å²) in [5.74, 6) is -1.79. The first-order chi connectivity index (χ1) is 14.3. The molecule has 4 N–H and O–H groups in total. The standard InChI is InChI=1S/C18H16ClN5O5S/c19-12-6-2-3-7-13(12)20-15(25)9-10-16(26)22-23-18(30)21-17(27)11-5-1-4-8-14(11)24(28)29/h1-8H,9-10H2,(H,20,25)(H,22,26)(H2,21,23,27,30). The number of benzene rings is 2. The van der Waals surface area contributed by atoms with Gasteiger partial charge in [0.05, 0.1) is 15.6 Å². The predicted molar refractivity (Wildman–Crippen MR) is 114 cm³/mol. The molecule has 10 nitrogen and oxygen atoms in total. The van der Waals surface area contributed by atoms with Crippen LogP contribution < -0.4 is 21.5 Å². The zero-order chi connectivity index (χ0) is 22.1. The number of hydrazine groups is 1. The van der Waals surface area contributed by atoms with E-state index in [0.717, 1.165) is 0 Å². The number of para-hydroxylation sites is 2. The van der Waals surface area contributed by atoms with Gasteiger partial charge in [0.15, 0.2) is 5.11 Å². The van der Waals surface area contributed by atoms with E-state index in [1.807, 2.05) is 0 Å². The van der Waals surface area contributed by atoms with Crippen molar-refractivity contribution in [3.05, 3.63) is 69.2 Å². The number of amides is 3. The fraction of sp³-hybridized carbons (Fsp3) is 0.111. The Balaban J connectivity index is 1.76. The van der Waals surface area contributed by atoms with E-state index < -0.39 is 22.6 Å². The number of nitrogens with zero attached hydrogens (tertiary/aromatic N) is 1. The summed E-state index contributed by atoms with van der Waals surface area (Å²) >= 11 is 10.8. The summed E-state index contributed by atoms with van der Waals surface area (Å²) < 4.78 is 0. The summed E-state index contributed by atoms with van der Waals surface area (Å²) in [6.07, 6.45) is -0.280. The van der Waals surface area contributed by atoms with Crippen molar-refractivity contribution in [2.24, 2.45) is 0 Å². The summed E-state index contributed by atoms with van der Waals surface area (Å²) in [5.41, 5.74) is 4.38. The lowest BCUT2D eigenvalue weighted by atomic mass is 10.1. The third-order valence-electron chi connectivity index (χ3n) is 3.61. The highest BCUT2D eigenvalue weighted by molar-refractivity contribution is 7.80. The number of rotatable bonds is 6. The van der Waals surface area contributed by atoms with E-state index in [4.69, 9.17) is 23.8 Å². The number of hydrogen-bond donors (Lipinski definition) is 4. The molecule has 0 saturated heterocycles. The van der Waals surface area contributed by atoms with E-state index >= 15 is 0 Å². The molecule has 30 heavy (non-hydrogen) atoms. The molecule has 3 amide bonds. The van der Waals surface area contributed by atoms with Gasteiger partial charge in [-0.05, 0) is 30.4 Å². The molecule has 0 radical (unpaired) electrons. The number of carbonyl (C=O) groups excluding carboxylic acids is 3. The molecular weight excluding hydrogens is 434 g/mol. The lowest BCUT2D eigenvalue weighted by Gasteiger charge is -2.11. The van der Waals surface area contributed by atoms with Crippen molar-refractivity contribution in [3.63, 3.8) is 0 Å². The molecule has 0 heterocycles. The Morgan fingerprint density at radius 1 is 0.967 bits per heavy atom. The smallest absolute Gasteiger partial charge is 0.282 e. The van der Waals surface area contributed by atoms with Crippen molar-refractivity contribution in [1.82, 2.24) is 16.2 Å². The zero-order valence-corrected chi connectivity index (χ0v) is 16.9. The van der Waals surface area contributed by atoms with Gasteiger partial charge in [0.2, 0.25) is 11.8 Å². The molecule has 0 unspecified atom stereocenters. The van der Waals surface area contributed by atoms with Crippen LogP contribution in [-0.4, -0.2) is 27.8 Å². The van der Waals surface area contributed by atoms with Gasteiger partial charge in [-0.3, -0.25) is 40.7 Å². The first kappa shape index (κ1) is 22.7. The Kier molecular flexibility index (Phi) is 8.20. The van der Waals surface area contributed by atoms with Crippen LogP contribution in [0.1, 0.15) is 23.2 Å². The molecule has 0 aromatic heterocycles. The highest BCUT2D eigenvalue weighted by Crippen LogP contribution is 2.20. The number of hydrogen-bond acceptors (Lipinski definition) is 6. The van der Waals surface area contributed by atoms with Crippen LogP contribution in [0, 0.1) is 10.1 Å². The molecule has 0 atom stereocenters. The van der Waals surface area contributed by atoms with Crippen molar-refractivity contribution in [3.8, 4) is 0 Å². The molecule has 0 aliphatic rings. The number of nitro benzene ring substituents is 1. The summed E-state index contributed by atoms with van der Waals surface area (Å²) in [4.78, 5) is 46.1. The molecule has 2 rings (SSSR count). The second kappa shape index (κ2) is 10.8. The molecule has 0 aliphatic carbocycles. The van der Waals surface area contributed by atoms with Gasteiger partial charge in [-0.1, -0.05) is 35.9 Å². The van der Waals surface area contributed by atoms with Crippen LogP contribution in [-0.2, 0) is 9.59 Å². The molecule has 0 saturated carbocycles. The van der Waals surface area contributed by atoms with Gasteiger partial charge >= 0.3 is 0 Å². The molecule has 2 aromatic carbocycles. The fourth-order valence-corrected chi connectivity index (χ4v) is 2.54. The van der Waals surface area contributed by atoms with Gasteiger partial charge in [0.1, 0.15) is 5.56 Å². The van der Waals surface area contributed by atoms with Crippen molar-refractivity contribution in [1.29, 1.82) is 0 Å². The fourth-order valence-electron chi connectivity index (χ4n) is 2.22. The van der Waals surface area contributed by atoms with Crippen LogP contribution in [0.15, 0.2) is 48.5 Å². The van der Waals surface area contributed by atoms with E-state index in [1.165, 1.54) is 24.3 Å². The quantitative estimate of drug-likeness (QED) is 0.301. The second-order valence-electron chi connectivity index (χ2n) is 5.76. The Morgan fingerprint density at radius 2 is 1.60 bits per heavy atom. The highest BCUT2D eigenvalue weighted by Gasteiger charge is 2.20. The van der Waals surface area contributed by atoms with E-state index in [9.17, 15) is 24.5 Å². The SMILES string of the molecule is O=C(CCC(=O)Nc1ccccc1Cl)NNC(=S)NC(=O)c1ccccc1[N+](=O)[O-]. The summed E-state index contributed by atoms with van der Waals surface area (Å²) in [7, 11) is 0. The number of carbonyl (C=O) groups is 3. The topological polar surface area (TPSA) is 142 Å². The van der Waals surface area contributed by atoms with Gasteiger partial charge in [-0.15, -0.1) is 0 Å². The van der Waals surface area contributed by atoms with Crippen molar-refractivity contribution in [2.45, 2.75) is 12.8 Å². The van der Waals surface area contributed by atoms with Crippen molar-refractivity contribution < 1.29 is 19.3 Å². The second-order valence-corrected chi connectivity index (χ2v) is 6.57. The molecule has 0 bridgehead atoms. The summed E-state index contributed by atoms with van der Waals surface area (Å²) in [5, 5.41) is 15.9. The lowest BCUT2D eigenvalue weighted by Crippen LogP contribution is -2.48.